The van der Waals surface area contributed by atoms with Gasteiger partial charge in [-0.15, -0.1) is 5.10 Å². The van der Waals surface area contributed by atoms with Gasteiger partial charge in [-0.2, -0.15) is 0 Å². The number of nitrogens with one attached hydrogen (secondary N) is 3. The van der Waals surface area contributed by atoms with Crippen LogP contribution in [0.2, 0.25) is 0 Å². The maximum Gasteiger partial charge on any atom is 0.315 e. The molecule has 1 atom stereocenters. The summed E-state index contributed by atoms with van der Waals surface area (Å²) in [4.78, 5) is 0. The molecule has 3 N–H and O–H groups in total. The third kappa shape index (κ3) is 4.59. The van der Waals surface area contributed by atoms with E-state index in [1.807, 2.05) is 13.8 Å². The molecule has 0 bridgehead atoms. The molecule has 0 fully saturated rings. The number of hydrogen-bond donors (Lipinski definition) is 3. The monoisotopic (exact) mass is 277 g/mol. The van der Waals surface area contributed by atoms with Gasteiger partial charge in [0.2, 0.25) is 15.9 Å². The molecule has 0 saturated heterocycles. The maximum atomic E-state index is 11.2. The number of hydrogen-bond acceptors (Lipinski definition) is 7. The van der Waals surface area contributed by atoms with Gasteiger partial charge in [-0.1, -0.05) is 12.0 Å². The van der Waals surface area contributed by atoms with E-state index >= 15 is 0 Å². The van der Waals surface area contributed by atoms with Gasteiger partial charge in [0, 0.05) is 6.54 Å². The lowest BCUT2D eigenvalue weighted by atomic mass is 10.3. The average Bonchev–Trinajstić information content (AvgIpc) is 2.78. The molecule has 18 heavy (non-hydrogen) atoms. The minimum atomic E-state index is -3.22. The largest absolute Gasteiger partial charge is 0.406 e. The molecule has 0 amide bonds. The van der Waals surface area contributed by atoms with Crippen molar-refractivity contribution in [2.24, 2.45) is 0 Å². The molecule has 0 spiro atoms. The molecule has 1 aromatic heterocycles. The molecule has 1 rings (SSSR count). The van der Waals surface area contributed by atoms with Gasteiger partial charge in [0.05, 0.1) is 11.8 Å². The van der Waals surface area contributed by atoms with Crippen LogP contribution in [0, 0.1) is 0 Å². The summed E-state index contributed by atoms with van der Waals surface area (Å²) >= 11 is 0. The summed E-state index contributed by atoms with van der Waals surface area (Å²) in [6.07, 6.45) is 0. The number of aromatic nitrogens is 2. The number of anilines is 1. The van der Waals surface area contributed by atoms with Crippen LogP contribution < -0.4 is 15.4 Å². The quantitative estimate of drug-likeness (QED) is 0.598. The Kier molecular flexibility index (Phi) is 5.51. The van der Waals surface area contributed by atoms with E-state index in [1.165, 1.54) is 7.05 Å². The van der Waals surface area contributed by atoms with Crippen molar-refractivity contribution in [3.8, 4) is 0 Å². The Morgan fingerprint density at radius 3 is 2.72 bits per heavy atom. The highest BCUT2D eigenvalue weighted by Gasteiger charge is 2.13. The van der Waals surface area contributed by atoms with E-state index < -0.39 is 10.0 Å². The van der Waals surface area contributed by atoms with E-state index in [1.54, 1.807) is 0 Å². The van der Waals surface area contributed by atoms with Crippen LogP contribution in [0.4, 0.5) is 6.01 Å². The van der Waals surface area contributed by atoms with E-state index in [0.29, 0.717) is 5.89 Å². The van der Waals surface area contributed by atoms with Crippen LogP contribution in [0.5, 0.6) is 0 Å². The van der Waals surface area contributed by atoms with Crippen LogP contribution in [0.1, 0.15) is 25.8 Å². The standard InChI is InChI=1S/C9H19N5O3S/c1-4-11-7(2)8-13-14-9(17-8)12-5-6-18(15,16)10-3/h7,10-11H,4-6H2,1-3H3,(H,12,14). The summed E-state index contributed by atoms with van der Waals surface area (Å²) in [5.41, 5.74) is 0. The molecule has 104 valence electrons. The van der Waals surface area contributed by atoms with Crippen molar-refractivity contribution in [2.75, 3.05) is 31.2 Å². The summed E-state index contributed by atoms with van der Waals surface area (Å²) in [5, 5.41) is 13.5. The normalized spacial score (nSPS) is 13.5. The third-order valence-corrected chi connectivity index (χ3v) is 3.64. The van der Waals surface area contributed by atoms with Gasteiger partial charge >= 0.3 is 6.01 Å². The topological polar surface area (TPSA) is 109 Å². The molecule has 0 aliphatic rings. The van der Waals surface area contributed by atoms with Crippen molar-refractivity contribution < 1.29 is 12.8 Å². The zero-order valence-corrected chi connectivity index (χ0v) is 11.5. The molecule has 8 nitrogen and oxygen atoms in total. The van der Waals surface area contributed by atoms with E-state index in [9.17, 15) is 8.42 Å². The average molecular weight is 277 g/mol. The van der Waals surface area contributed by atoms with Gasteiger partial charge in [0.15, 0.2) is 0 Å². The molecule has 1 heterocycles. The molecule has 0 aliphatic heterocycles. The molecular weight excluding hydrogens is 258 g/mol. The zero-order valence-electron chi connectivity index (χ0n) is 10.7. The molecule has 1 aromatic rings. The lowest BCUT2D eigenvalue weighted by Crippen LogP contribution is -2.26. The van der Waals surface area contributed by atoms with Gasteiger partial charge in [-0.05, 0) is 20.5 Å². The third-order valence-electron chi connectivity index (χ3n) is 2.28. The van der Waals surface area contributed by atoms with E-state index in [4.69, 9.17) is 4.42 Å². The fourth-order valence-corrected chi connectivity index (χ4v) is 1.84. The lowest BCUT2D eigenvalue weighted by Gasteiger charge is -2.06. The molecule has 1 unspecified atom stereocenters. The molecule has 0 aromatic carbocycles. The van der Waals surface area contributed by atoms with Gasteiger partial charge in [0.1, 0.15) is 0 Å². The lowest BCUT2D eigenvalue weighted by molar-refractivity contribution is 0.429. The molecular formula is C9H19N5O3S. The van der Waals surface area contributed by atoms with Crippen LogP contribution in [0.3, 0.4) is 0 Å². The SMILES string of the molecule is CCNC(C)c1nnc(NCCS(=O)(=O)NC)o1. The van der Waals surface area contributed by atoms with Crippen molar-refractivity contribution >= 4 is 16.0 Å². The highest BCUT2D eigenvalue weighted by atomic mass is 32.2. The first kappa shape index (κ1) is 14.9. The highest BCUT2D eigenvalue weighted by molar-refractivity contribution is 7.89. The Morgan fingerprint density at radius 2 is 2.11 bits per heavy atom. The van der Waals surface area contributed by atoms with E-state index in [-0.39, 0.29) is 24.4 Å². The van der Waals surface area contributed by atoms with Gasteiger partial charge in [-0.3, -0.25) is 0 Å². The summed E-state index contributed by atoms with van der Waals surface area (Å²) in [5.74, 6) is 0.417. The van der Waals surface area contributed by atoms with Crippen molar-refractivity contribution in [3.63, 3.8) is 0 Å². The second-order valence-electron chi connectivity index (χ2n) is 3.67. The van der Waals surface area contributed by atoms with E-state index in [0.717, 1.165) is 6.54 Å². The van der Waals surface area contributed by atoms with Crippen LogP contribution in [-0.2, 0) is 10.0 Å². The summed E-state index contributed by atoms with van der Waals surface area (Å²) in [6.45, 7) is 4.90. The first-order valence-corrected chi connectivity index (χ1v) is 7.35. The van der Waals surface area contributed by atoms with Gasteiger partial charge in [0.25, 0.3) is 0 Å². The predicted molar refractivity (Wildman–Crippen MR) is 67.7 cm³/mol. The maximum absolute atomic E-state index is 11.2. The summed E-state index contributed by atoms with van der Waals surface area (Å²) in [7, 11) is -1.85. The molecule has 0 aliphatic carbocycles. The van der Waals surface area contributed by atoms with Gasteiger partial charge in [-0.25, -0.2) is 13.1 Å². The van der Waals surface area contributed by atoms with Crippen molar-refractivity contribution in [3.05, 3.63) is 5.89 Å². The Labute approximate surface area is 107 Å². The molecule has 0 radical (unpaired) electrons. The second-order valence-corrected chi connectivity index (χ2v) is 5.72. The van der Waals surface area contributed by atoms with Crippen LogP contribution in [0.25, 0.3) is 0 Å². The first-order valence-electron chi connectivity index (χ1n) is 5.70. The molecule has 0 saturated carbocycles. The highest BCUT2D eigenvalue weighted by Crippen LogP contribution is 2.12. The van der Waals surface area contributed by atoms with Crippen molar-refractivity contribution in [1.82, 2.24) is 20.2 Å². The zero-order chi connectivity index (χ0) is 13.6. The van der Waals surface area contributed by atoms with Crippen molar-refractivity contribution in [2.45, 2.75) is 19.9 Å². The summed E-state index contributed by atoms with van der Waals surface area (Å²) < 4.78 is 29.9. The first-order chi connectivity index (χ1) is 8.48. The minimum Gasteiger partial charge on any atom is -0.406 e. The Morgan fingerprint density at radius 1 is 1.39 bits per heavy atom. The van der Waals surface area contributed by atoms with E-state index in [2.05, 4.69) is 25.6 Å². The van der Waals surface area contributed by atoms with Crippen LogP contribution >= 0.6 is 0 Å². The van der Waals surface area contributed by atoms with Crippen LogP contribution in [-0.4, -0.2) is 44.5 Å². The Bertz CT molecular complexity index is 459. The Balaban J connectivity index is 2.45. The van der Waals surface area contributed by atoms with Gasteiger partial charge < -0.3 is 15.1 Å². The number of sulfonamides is 1. The minimum absolute atomic E-state index is 0.0286. The fourth-order valence-electron chi connectivity index (χ4n) is 1.27. The predicted octanol–water partition coefficient (Wildman–Crippen LogP) is -0.299. The number of nitrogens with zero attached hydrogens (tertiary/aromatic N) is 2. The Hall–Kier alpha value is -1.19. The molecule has 9 heteroatoms. The van der Waals surface area contributed by atoms with Crippen molar-refractivity contribution in [1.29, 1.82) is 0 Å². The van der Waals surface area contributed by atoms with Crippen LogP contribution in [0.15, 0.2) is 4.42 Å². The summed E-state index contributed by atoms with van der Waals surface area (Å²) in [6, 6.07) is 0.195. The fraction of sp³-hybridized carbons (Fsp3) is 0.778. The smallest absolute Gasteiger partial charge is 0.315 e. The second kappa shape index (κ2) is 6.66. The number of rotatable bonds is 8.